The normalized spacial score (nSPS) is 10.0. The number of aromatic nitrogens is 1. The molecule has 0 spiro atoms. The lowest BCUT2D eigenvalue weighted by molar-refractivity contribution is 0.102. The van der Waals surface area contributed by atoms with Gasteiger partial charge in [-0.25, -0.2) is 4.98 Å². The van der Waals surface area contributed by atoms with Crippen molar-refractivity contribution in [2.75, 3.05) is 23.9 Å². The number of hydrogen-bond acceptors (Lipinski definition) is 4. The molecule has 2 aromatic rings. The molecule has 1 aromatic heterocycles. The van der Waals surface area contributed by atoms with Crippen LogP contribution in [0.5, 0.6) is 0 Å². The second kappa shape index (κ2) is 6.24. The van der Waals surface area contributed by atoms with Gasteiger partial charge in [-0.05, 0) is 42.7 Å². The van der Waals surface area contributed by atoms with Crippen LogP contribution in [0.3, 0.4) is 0 Å². The first kappa shape index (κ1) is 13.4. The van der Waals surface area contributed by atoms with Crippen LogP contribution in [-0.2, 0) is 0 Å². The molecule has 2 rings (SSSR count). The van der Waals surface area contributed by atoms with Crippen molar-refractivity contribution < 1.29 is 4.79 Å². The number of thioether (sulfide) groups is 1. The third-order valence-electron chi connectivity index (χ3n) is 2.64. The van der Waals surface area contributed by atoms with Crippen LogP contribution in [0.4, 0.5) is 11.5 Å². The summed E-state index contributed by atoms with van der Waals surface area (Å²) in [6, 6.07) is 11.2. The van der Waals surface area contributed by atoms with Crippen molar-refractivity contribution in [1.82, 2.24) is 4.98 Å². The van der Waals surface area contributed by atoms with Gasteiger partial charge in [-0.15, -0.1) is 11.8 Å². The number of carbonyl (C=O) groups excluding carboxylic acids is 1. The van der Waals surface area contributed by atoms with E-state index < -0.39 is 0 Å². The number of pyridine rings is 1. The van der Waals surface area contributed by atoms with Crippen LogP contribution in [0.15, 0.2) is 47.5 Å². The van der Waals surface area contributed by atoms with Gasteiger partial charge in [0.1, 0.15) is 5.82 Å². The molecule has 0 bridgehead atoms. The molecule has 4 nitrogen and oxygen atoms in total. The van der Waals surface area contributed by atoms with E-state index in [2.05, 4.69) is 15.6 Å². The van der Waals surface area contributed by atoms with Gasteiger partial charge in [0, 0.05) is 23.8 Å². The topological polar surface area (TPSA) is 54.0 Å². The lowest BCUT2D eigenvalue weighted by Gasteiger charge is -2.09. The molecule has 1 amide bonds. The van der Waals surface area contributed by atoms with Gasteiger partial charge in [-0.1, -0.05) is 0 Å². The minimum atomic E-state index is -0.172. The molecule has 19 heavy (non-hydrogen) atoms. The van der Waals surface area contributed by atoms with Crippen molar-refractivity contribution in [2.24, 2.45) is 0 Å². The SMILES string of the molecule is CNc1ncccc1C(=O)Nc1ccc(SC)cc1. The zero-order valence-electron chi connectivity index (χ0n) is 10.8. The van der Waals surface area contributed by atoms with Crippen LogP contribution in [0.1, 0.15) is 10.4 Å². The van der Waals surface area contributed by atoms with E-state index in [4.69, 9.17) is 0 Å². The highest BCUT2D eigenvalue weighted by Gasteiger charge is 2.11. The fourth-order valence-corrected chi connectivity index (χ4v) is 2.07. The molecule has 0 atom stereocenters. The smallest absolute Gasteiger partial charge is 0.259 e. The first-order valence-corrected chi connectivity index (χ1v) is 7.05. The average molecular weight is 273 g/mol. The number of benzene rings is 1. The molecule has 0 saturated heterocycles. The van der Waals surface area contributed by atoms with Gasteiger partial charge in [0.2, 0.25) is 0 Å². The Morgan fingerprint density at radius 1 is 1.21 bits per heavy atom. The quantitative estimate of drug-likeness (QED) is 0.840. The molecule has 0 aliphatic heterocycles. The van der Waals surface area contributed by atoms with Crippen LogP contribution in [-0.4, -0.2) is 24.2 Å². The van der Waals surface area contributed by atoms with Gasteiger partial charge >= 0.3 is 0 Å². The zero-order valence-corrected chi connectivity index (χ0v) is 11.6. The summed E-state index contributed by atoms with van der Waals surface area (Å²) in [6.07, 6.45) is 3.66. The highest BCUT2D eigenvalue weighted by molar-refractivity contribution is 7.98. The Labute approximate surface area is 116 Å². The molecule has 5 heteroatoms. The molecule has 0 aliphatic carbocycles. The van der Waals surface area contributed by atoms with Gasteiger partial charge in [0.05, 0.1) is 5.56 Å². The van der Waals surface area contributed by atoms with Crippen molar-refractivity contribution in [1.29, 1.82) is 0 Å². The molecule has 0 radical (unpaired) electrons. The van der Waals surface area contributed by atoms with E-state index in [1.165, 1.54) is 0 Å². The lowest BCUT2D eigenvalue weighted by atomic mass is 10.2. The lowest BCUT2D eigenvalue weighted by Crippen LogP contribution is -2.14. The zero-order chi connectivity index (χ0) is 13.7. The van der Waals surface area contributed by atoms with Crippen molar-refractivity contribution in [3.63, 3.8) is 0 Å². The van der Waals surface area contributed by atoms with E-state index >= 15 is 0 Å². The number of amides is 1. The monoisotopic (exact) mass is 273 g/mol. The first-order valence-electron chi connectivity index (χ1n) is 5.83. The molecule has 0 fully saturated rings. The molecular weight excluding hydrogens is 258 g/mol. The average Bonchev–Trinajstić information content (AvgIpc) is 2.48. The van der Waals surface area contributed by atoms with E-state index in [9.17, 15) is 4.79 Å². The van der Waals surface area contributed by atoms with E-state index in [1.54, 1.807) is 37.1 Å². The third kappa shape index (κ3) is 3.26. The number of anilines is 2. The summed E-state index contributed by atoms with van der Waals surface area (Å²) in [5.74, 6) is 0.398. The van der Waals surface area contributed by atoms with Crippen molar-refractivity contribution >= 4 is 29.2 Å². The van der Waals surface area contributed by atoms with Gasteiger partial charge in [0.15, 0.2) is 0 Å². The van der Waals surface area contributed by atoms with E-state index in [1.807, 2.05) is 30.5 Å². The molecular formula is C14H15N3OS. The maximum atomic E-state index is 12.2. The number of nitrogens with zero attached hydrogens (tertiary/aromatic N) is 1. The van der Waals surface area contributed by atoms with Gasteiger partial charge in [0.25, 0.3) is 5.91 Å². The summed E-state index contributed by atoms with van der Waals surface area (Å²) >= 11 is 1.67. The second-order valence-corrected chi connectivity index (χ2v) is 4.71. The maximum absolute atomic E-state index is 12.2. The summed E-state index contributed by atoms with van der Waals surface area (Å²) in [7, 11) is 1.74. The minimum absolute atomic E-state index is 0.172. The van der Waals surface area contributed by atoms with E-state index in [0.717, 1.165) is 10.6 Å². The minimum Gasteiger partial charge on any atom is -0.372 e. The predicted molar refractivity (Wildman–Crippen MR) is 80.0 cm³/mol. The second-order valence-electron chi connectivity index (χ2n) is 3.83. The van der Waals surface area contributed by atoms with Crippen LogP contribution < -0.4 is 10.6 Å². The first-order chi connectivity index (χ1) is 9.24. The molecule has 0 aliphatic rings. The Morgan fingerprint density at radius 2 is 1.95 bits per heavy atom. The molecule has 0 unspecified atom stereocenters. The summed E-state index contributed by atoms with van der Waals surface area (Å²) in [4.78, 5) is 17.4. The highest BCUT2D eigenvalue weighted by Crippen LogP contribution is 2.19. The number of carbonyl (C=O) groups is 1. The van der Waals surface area contributed by atoms with Crippen LogP contribution in [0.2, 0.25) is 0 Å². The Balaban J connectivity index is 2.16. The van der Waals surface area contributed by atoms with Crippen molar-refractivity contribution in [2.45, 2.75) is 4.90 Å². The van der Waals surface area contributed by atoms with Gasteiger partial charge in [-0.2, -0.15) is 0 Å². The maximum Gasteiger partial charge on any atom is 0.259 e. The third-order valence-corrected chi connectivity index (χ3v) is 3.38. The number of nitrogens with one attached hydrogen (secondary N) is 2. The van der Waals surface area contributed by atoms with Crippen LogP contribution in [0, 0.1) is 0 Å². The molecule has 0 saturated carbocycles. The standard InChI is InChI=1S/C14H15N3OS/c1-15-13-12(4-3-9-16-13)14(18)17-10-5-7-11(19-2)8-6-10/h3-9H,1-2H3,(H,15,16)(H,17,18). The largest absolute Gasteiger partial charge is 0.372 e. The Hall–Kier alpha value is -2.01. The highest BCUT2D eigenvalue weighted by atomic mass is 32.2. The Morgan fingerprint density at radius 3 is 2.58 bits per heavy atom. The Kier molecular flexibility index (Phi) is 4.41. The van der Waals surface area contributed by atoms with Crippen LogP contribution in [0.25, 0.3) is 0 Å². The van der Waals surface area contributed by atoms with Crippen molar-refractivity contribution in [3.8, 4) is 0 Å². The fourth-order valence-electron chi connectivity index (χ4n) is 1.66. The van der Waals surface area contributed by atoms with Gasteiger partial charge in [-0.3, -0.25) is 4.79 Å². The number of rotatable bonds is 4. The van der Waals surface area contributed by atoms with Crippen LogP contribution >= 0.6 is 11.8 Å². The fraction of sp³-hybridized carbons (Fsp3) is 0.143. The number of hydrogen-bond donors (Lipinski definition) is 2. The van der Waals surface area contributed by atoms with Crippen molar-refractivity contribution in [3.05, 3.63) is 48.2 Å². The molecule has 2 N–H and O–H groups in total. The summed E-state index contributed by atoms with van der Waals surface area (Å²) in [5, 5.41) is 5.76. The van der Waals surface area contributed by atoms with E-state index in [-0.39, 0.29) is 5.91 Å². The summed E-state index contributed by atoms with van der Waals surface area (Å²) in [5.41, 5.74) is 1.30. The molecule has 1 heterocycles. The molecule has 98 valence electrons. The summed E-state index contributed by atoms with van der Waals surface area (Å²) in [6.45, 7) is 0. The Bertz CT molecular complexity index is 569. The summed E-state index contributed by atoms with van der Waals surface area (Å²) < 4.78 is 0. The van der Waals surface area contributed by atoms with Gasteiger partial charge < -0.3 is 10.6 Å². The molecule has 1 aromatic carbocycles. The van der Waals surface area contributed by atoms with E-state index in [0.29, 0.717) is 11.4 Å². The predicted octanol–water partition coefficient (Wildman–Crippen LogP) is 3.10.